The van der Waals surface area contributed by atoms with Gasteiger partial charge >= 0.3 is 0 Å². The van der Waals surface area contributed by atoms with E-state index in [9.17, 15) is 15.0 Å². The second kappa shape index (κ2) is 4.49. The first kappa shape index (κ1) is 12.1. The van der Waals surface area contributed by atoms with Crippen molar-refractivity contribution in [1.82, 2.24) is 14.8 Å². The summed E-state index contributed by atoms with van der Waals surface area (Å²) in [5.41, 5.74) is 0. The highest BCUT2D eigenvalue weighted by atomic mass is 16.6. The van der Waals surface area contributed by atoms with Crippen LogP contribution < -0.4 is 0 Å². The van der Waals surface area contributed by atoms with Gasteiger partial charge < -0.3 is 20.1 Å². The van der Waals surface area contributed by atoms with Crippen molar-refractivity contribution < 1.29 is 24.9 Å². The number of rotatable bonds is 3. The molecule has 2 heterocycles. The zero-order chi connectivity index (χ0) is 12.6. The molecule has 94 valence electrons. The molecule has 0 radical (unpaired) electrons. The Labute approximate surface area is 96.5 Å². The second-order valence-corrected chi connectivity index (χ2v) is 3.83. The number of nitrogens with zero attached hydrogens (tertiary/aromatic N) is 3. The van der Waals surface area contributed by atoms with Crippen LogP contribution in [0.5, 0.6) is 0 Å². The molecule has 8 nitrogen and oxygen atoms in total. The van der Waals surface area contributed by atoms with Gasteiger partial charge in [-0.25, -0.2) is 9.67 Å². The molecule has 17 heavy (non-hydrogen) atoms. The first-order valence-electron chi connectivity index (χ1n) is 5.09. The molecule has 3 N–H and O–H groups in total. The lowest BCUT2D eigenvalue weighted by molar-refractivity contribution is -0.0588. The van der Waals surface area contributed by atoms with Crippen LogP contribution in [-0.2, 0) is 4.74 Å². The lowest BCUT2D eigenvalue weighted by atomic mass is 10.1. The van der Waals surface area contributed by atoms with Gasteiger partial charge in [-0.05, 0) is 0 Å². The van der Waals surface area contributed by atoms with Gasteiger partial charge in [0.1, 0.15) is 24.6 Å². The Morgan fingerprint density at radius 1 is 1.53 bits per heavy atom. The number of aliphatic hydroxyl groups is 3. The Morgan fingerprint density at radius 3 is 2.71 bits per heavy atom. The molecule has 0 spiro atoms. The molecule has 0 aliphatic carbocycles. The van der Waals surface area contributed by atoms with Gasteiger partial charge in [0.05, 0.1) is 6.61 Å². The van der Waals surface area contributed by atoms with Crippen molar-refractivity contribution in [3.8, 4) is 0 Å². The number of aliphatic hydroxyl groups excluding tert-OH is 3. The Bertz CT molecular complexity index is 421. The predicted molar refractivity (Wildman–Crippen MR) is 53.0 cm³/mol. The minimum Gasteiger partial charge on any atom is -0.394 e. The topological polar surface area (TPSA) is 118 Å². The third-order valence-electron chi connectivity index (χ3n) is 2.60. The normalized spacial score (nSPS) is 32.9. The van der Waals surface area contributed by atoms with Crippen molar-refractivity contribution in [1.29, 1.82) is 0 Å². The van der Waals surface area contributed by atoms with E-state index < -0.39 is 31.1 Å². The van der Waals surface area contributed by atoms with Crippen molar-refractivity contribution in [2.45, 2.75) is 31.5 Å². The molecule has 1 aromatic heterocycles. The van der Waals surface area contributed by atoms with Crippen LogP contribution in [0.15, 0.2) is 6.33 Å². The standard InChI is InChI=1S/C9H13N3O5/c1-4(14)8-10-3-12(11-8)9-7(16)6(15)5(2-13)17-9/h3,5-7,9,13,15-16H,2H2,1H3/t5-,6+,7?,9-/m1/s1. The first-order valence-corrected chi connectivity index (χ1v) is 5.09. The van der Waals surface area contributed by atoms with Gasteiger partial charge in [0.15, 0.2) is 12.0 Å². The molecule has 2 rings (SSSR count). The molecule has 1 aromatic rings. The molecule has 1 fully saturated rings. The number of carbonyl (C=O) groups excluding carboxylic acids is 1. The molecule has 0 bridgehead atoms. The summed E-state index contributed by atoms with van der Waals surface area (Å²) in [5.74, 6) is -0.307. The third kappa shape index (κ3) is 2.07. The lowest BCUT2D eigenvalue weighted by Crippen LogP contribution is -2.33. The van der Waals surface area contributed by atoms with Gasteiger partial charge in [-0.15, -0.1) is 5.10 Å². The maximum absolute atomic E-state index is 11.0. The van der Waals surface area contributed by atoms with E-state index in [4.69, 9.17) is 9.84 Å². The van der Waals surface area contributed by atoms with Crippen molar-refractivity contribution >= 4 is 5.78 Å². The van der Waals surface area contributed by atoms with Crippen LogP contribution in [0.25, 0.3) is 0 Å². The average Bonchev–Trinajstić information content (AvgIpc) is 2.87. The van der Waals surface area contributed by atoms with Crippen LogP contribution >= 0.6 is 0 Å². The second-order valence-electron chi connectivity index (χ2n) is 3.83. The van der Waals surface area contributed by atoms with Crippen LogP contribution in [-0.4, -0.2) is 60.8 Å². The zero-order valence-corrected chi connectivity index (χ0v) is 9.09. The molecule has 0 amide bonds. The monoisotopic (exact) mass is 243 g/mol. The minimum absolute atomic E-state index is 0.00254. The summed E-state index contributed by atoms with van der Waals surface area (Å²) < 4.78 is 6.37. The van der Waals surface area contributed by atoms with E-state index in [0.717, 1.165) is 4.68 Å². The van der Waals surface area contributed by atoms with Crippen LogP contribution in [0, 0.1) is 0 Å². The Hall–Kier alpha value is -1.35. The Balaban J connectivity index is 2.19. The van der Waals surface area contributed by atoms with Crippen molar-refractivity contribution in [3.05, 3.63) is 12.2 Å². The highest BCUT2D eigenvalue weighted by Gasteiger charge is 2.43. The Morgan fingerprint density at radius 2 is 2.24 bits per heavy atom. The van der Waals surface area contributed by atoms with Crippen molar-refractivity contribution in [2.24, 2.45) is 0 Å². The van der Waals surface area contributed by atoms with E-state index in [2.05, 4.69) is 10.1 Å². The van der Waals surface area contributed by atoms with Crippen molar-refractivity contribution in [2.75, 3.05) is 6.61 Å². The quantitative estimate of drug-likeness (QED) is 0.530. The highest BCUT2D eigenvalue weighted by Crippen LogP contribution is 2.28. The number of carbonyl (C=O) groups is 1. The summed E-state index contributed by atoms with van der Waals surface area (Å²) in [4.78, 5) is 14.7. The zero-order valence-electron chi connectivity index (χ0n) is 9.09. The largest absolute Gasteiger partial charge is 0.394 e. The number of ether oxygens (including phenoxy) is 1. The fourth-order valence-corrected chi connectivity index (χ4v) is 1.66. The van der Waals surface area contributed by atoms with Gasteiger partial charge in [0.2, 0.25) is 5.82 Å². The van der Waals surface area contributed by atoms with E-state index in [1.54, 1.807) is 0 Å². The SMILES string of the molecule is CC(=O)c1ncn([C@@H]2O[C@H](CO)[C@H](O)C2O)n1. The summed E-state index contributed by atoms with van der Waals surface area (Å²) in [6.07, 6.45) is -3.02. The molecule has 1 aliphatic heterocycles. The smallest absolute Gasteiger partial charge is 0.217 e. The number of Topliss-reactive ketones (excluding diaryl/α,β-unsaturated/α-hetero) is 1. The minimum atomic E-state index is -1.23. The van der Waals surface area contributed by atoms with Gasteiger partial charge in [0, 0.05) is 6.92 Å². The van der Waals surface area contributed by atoms with E-state index in [0.29, 0.717) is 0 Å². The molecule has 1 saturated heterocycles. The summed E-state index contributed by atoms with van der Waals surface area (Å²) >= 11 is 0. The summed E-state index contributed by atoms with van der Waals surface area (Å²) in [6.45, 7) is 0.903. The Kier molecular flexibility index (Phi) is 3.20. The number of ketones is 1. The molecule has 1 unspecified atom stereocenters. The third-order valence-corrected chi connectivity index (χ3v) is 2.60. The van der Waals surface area contributed by atoms with Gasteiger partial charge in [-0.2, -0.15) is 0 Å². The van der Waals surface area contributed by atoms with Crippen LogP contribution in [0.1, 0.15) is 23.8 Å². The maximum atomic E-state index is 11.0. The number of hydrogen-bond donors (Lipinski definition) is 3. The maximum Gasteiger partial charge on any atom is 0.217 e. The average molecular weight is 243 g/mol. The molecular formula is C9H13N3O5. The molecule has 4 atom stereocenters. The fourth-order valence-electron chi connectivity index (χ4n) is 1.66. The molecule has 8 heteroatoms. The molecule has 0 aromatic carbocycles. The van der Waals surface area contributed by atoms with Crippen molar-refractivity contribution in [3.63, 3.8) is 0 Å². The van der Waals surface area contributed by atoms with E-state index in [1.165, 1.54) is 13.3 Å². The van der Waals surface area contributed by atoms with E-state index in [-0.39, 0.29) is 11.6 Å². The first-order chi connectivity index (χ1) is 8.04. The number of hydrogen-bond acceptors (Lipinski definition) is 7. The molecular weight excluding hydrogens is 230 g/mol. The summed E-state index contributed by atoms with van der Waals surface area (Å²) in [5, 5.41) is 32.0. The summed E-state index contributed by atoms with van der Waals surface area (Å²) in [7, 11) is 0. The van der Waals surface area contributed by atoms with E-state index >= 15 is 0 Å². The van der Waals surface area contributed by atoms with Crippen LogP contribution in [0.4, 0.5) is 0 Å². The molecule has 0 saturated carbocycles. The van der Waals surface area contributed by atoms with Gasteiger partial charge in [0.25, 0.3) is 0 Å². The fraction of sp³-hybridized carbons (Fsp3) is 0.667. The van der Waals surface area contributed by atoms with Crippen LogP contribution in [0.3, 0.4) is 0 Å². The molecule has 1 aliphatic rings. The van der Waals surface area contributed by atoms with Gasteiger partial charge in [-0.1, -0.05) is 0 Å². The predicted octanol–water partition coefficient (Wildman–Crippen LogP) is -1.91. The van der Waals surface area contributed by atoms with E-state index in [1.807, 2.05) is 0 Å². The number of aromatic nitrogens is 3. The summed E-state index contributed by atoms with van der Waals surface area (Å²) in [6, 6.07) is 0. The highest BCUT2D eigenvalue weighted by molar-refractivity contribution is 5.89. The van der Waals surface area contributed by atoms with Crippen LogP contribution in [0.2, 0.25) is 0 Å². The van der Waals surface area contributed by atoms with Gasteiger partial charge in [-0.3, -0.25) is 4.79 Å². The lowest BCUT2D eigenvalue weighted by Gasteiger charge is -2.13.